The maximum absolute atomic E-state index is 13.2. The zero-order valence-corrected chi connectivity index (χ0v) is 19.3. The fraction of sp³-hybridized carbons (Fsp3) is 0.458. The van der Waals surface area contributed by atoms with Gasteiger partial charge in [0.15, 0.2) is 0 Å². The molecule has 0 aromatic heterocycles. The highest BCUT2D eigenvalue weighted by Crippen LogP contribution is 2.26. The molecule has 0 spiro atoms. The van der Waals surface area contributed by atoms with Gasteiger partial charge in [-0.15, -0.1) is 0 Å². The van der Waals surface area contributed by atoms with Gasteiger partial charge in [-0.1, -0.05) is 30.3 Å². The van der Waals surface area contributed by atoms with Crippen molar-refractivity contribution in [2.75, 3.05) is 46.4 Å². The quantitative estimate of drug-likeness (QED) is 0.667. The molecule has 0 radical (unpaired) electrons. The Bertz CT molecular complexity index is 1000. The molecule has 7 nitrogen and oxygen atoms in total. The molecule has 0 aliphatic carbocycles. The molecular weight excluding hydrogens is 426 g/mol. The van der Waals surface area contributed by atoms with Crippen LogP contribution in [0, 0.1) is 5.92 Å². The highest BCUT2D eigenvalue weighted by Gasteiger charge is 2.35. The molecule has 0 unspecified atom stereocenters. The lowest BCUT2D eigenvalue weighted by Crippen LogP contribution is -2.52. The number of carbonyl (C=O) groups is 1. The second kappa shape index (κ2) is 10.0. The molecule has 0 saturated carbocycles. The summed E-state index contributed by atoms with van der Waals surface area (Å²) in [5.41, 5.74) is 1.28. The van der Waals surface area contributed by atoms with Gasteiger partial charge in [-0.05, 0) is 42.7 Å². The largest absolute Gasteiger partial charge is 0.497 e. The van der Waals surface area contributed by atoms with Crippen molar-refractivity contribution in [2.45, 2.75) is 24.3 Å². The van der Waals surface area contributed by atoms with Crippen LogP contribution in [0.15, 0.2) is 59.5 Å². The third kappa shape index (κ3) is 5.14. The maximum atomic E-state index is 13.2. The molecule has 2 aliphatic rings. The maximum Gasteiger partial charge on any atom is 0.243 e. The van der Waals surface area contributed by atoms with E-state index in [-0.39, 0.29) is 23.3 Å². The molecule has 2 aromatic carbocycles. The zero-order chi connectivity index (χ0) is 22.6. The first-order valence-corrected chi connectivity index (χ1v) is 12.6. The number of piperidine rings is 1. The van der Waals surface area contributed by atoms with Gasteiger partial charge in [0.2, 0.25) is 15.9 Å². The van der Waals surface area contributed by atoms with Crippen LogP contribution in [0.25, 0.3) is 0 Å². The van der Waals surface area contributed by atoms with Gasteiger partial charge in [-0.3, -0.25) is 9.69 Å². The van der Waals surface area contributed by atoms with Crippen molar-refractivity contribution in [3.8, 4) is 5.75 Å². The minimum Gasteiger partial charge on any atom is -0.497 e. The summed E-state index contributed by atoms with van der Waals surface area (Å²) in [5, 5.41) is 0. The lowest BCUT2D eigenvalue weighted by molar-refractivity contribution is -0.138. The Morgan fingerprint density at radius 2 is 1.66 bits per heavy atom. The minimum atomic E-state index is -3.63. The molecule has 1 atom stereocenters. The Hall–Kier alpha value is -2.42. The van der Waals surface area contributed by atoms with Crippen LogP contribution >= 0.6 is 0 Å². The topological polar surface area (TPSA) is 70.2 Å². The van der Waals surface area contributed by atoms with E-state index in [1.165, 1.54) is 9.87 Å². The molecule has 4 rings (SSSR count). The van der Waals surface area contributed by atoms with Crippen LogP contribution in [-0.2, 0) is 21.4 Å². The molecule has 2 aromatic rings. The van der Waals surface area contributed by atoms with Crippen molar-refractivity contribution in [1.29, 1.82) is 0 Å². The lowest BCUT2D eigenvalue weighted by atomic mass is 9.97. The van der Waals surface area contributed by atoms with Crippen LogP contribution in [0.5, 0.6) is 5.75 Å². The number of sulfonamides is 1. The summed E-state index contributed by atoms with van der Waals surface area (Å²) in [6, 6.07) is 16.8. The number of amides is 1. The highest BCUT2D eigenvalue weighted by molar-refractivity contribution is 7.89. The zero-order valence-electron chi connectivity index (χ0n) is 18.5. The number of carbonyl (C=O) groups excluding carboxylic acids is 1. The smallest absolute Gasteiger partial charge is 0.243 e. The molecule has 2 aliphatic heterocycles. The average molecular weight is 458 g/mol. The van der Waals surface area contributed by atoms with E-state index in [1.807, 2.05) is 23.1 Å². The third-order valence-electron chi connectivity index (χ3n) is 6.36. The SMILES string of the molecule is COc1ccc(S(=O)(=O)N2CCC[C@H](C(=O)N3CCN(Cc4ccccc4)CC3)C2)cc1. The first-order valence-electron chi connectivity index (χ1n) is 11.2. The molecule has 32 heavy (non-hydrogen) atoms. The molecule has 172 valence electrons. The Balaban J connectivity index is 1.34. The van der Waals surface area contributed by atoms with Gasteiger partial charge in [0, 0.05) is 45.8 Å². The van der Waals surface area contributed by atoms with E-state index in [0.29, 0.717) is 31.8 Å². The third-order valence-corrected chi connectivity index (χ3v) is 8.24. The first-order chi connectivity index (χ1) is 15.5. The fourth-order valence-corrected chi connectivity index (χ4v) is 6.01. The summed E-state index contributed by atoms with van der Waals surface area (Å²) in [7, 11) is -2.08. The number of hydrogen-bond acceptors (Lipinski definition) is 5. The van der Waals surface area contributed by atoms with E-state index in [9.17, 15) is 13.2 Å². The monoisotopic (exact) mass is 457 g/mol. The summed E-state index contributed by atoms with van der Waals surface area (Å²) >= 11 is 0. The second-order valence-electron chi connectivity index (χ2n) is 8.46. The molecule has 1 amide bonds. The molecule has 0 bridgehead atoms. The van der Waals surface area contributed by atoms with Gasteiger partial charge in [0.25, 0.3) is 0 Å². The van der Waals surface area contributed by atoms with E-state index in [2.05, 4.69) is 17.0 Å². The predicted octanol–water partition coefficient (Wildman–Crippen LogP) is 2.44. The molecule has 2 fully saturated rings. The number of benzene rings is 2. The Kier molecular flexibility index (Phi) is 7.13. The number of rotatable bonds is 6. The average Bonchev–Trinajstić information content (AvgIpc) is 2.85. The van der Waals surface area contributed by atoms with Crippen molar-refractivity contribution in [3.63, 3.8) is 0 Å². The molecule has 8 heteroatoms. The normalized spacial score (nSPS) is 20.8. The highest BCUT2D eigenvalue weighted by atomic mass is 32.2. The fourth-order valence-electron chi connectivity index (χ4n) is 4.49. The Morgan fingerprint density at radius 1 is 0.969 bits per heavy atom. The number of hydrogen-bond donors (Lipinski definition) is 0. The van der Waals surface area contributed by atoms with Crippen LogP contribution in [0.1, 0.15) is 18.4 Å². The van der Waals surface area contributed by atoms with E-state index < -0.39 is 10.0 Å². The number of ether oxygens (including phenoxy) is 1. The van der Waals surface area contributed by atoms with Gasteiger partial charge in [-0.25, -0.2) is 8.42 Å². The molecular formula is C24H31N3O4S. The van der Waals surface area contributed by atoms with Gasteiger partial charge in [-0.2, -0.15) is 4.31 Å². The van der Waals surface area contributed by atoms with Crippen LogP contribution in [0.4, 0.5) is 0 Å². The Morgan fingerprint density at radius 3 is 2.31 bits per heavy atom. The van der Waals surface area contributed by atoms with Crippen LogP contribution in [0.2, 0.25) is 0 Å². The number of methoxy groups -OCH3 is 1. The molecule has 2 saturated heterocycles. The van der Waals surface area contributed by atoms with Crippen LogP contribution < -0.4 is 4.74 Å². The van der Waals surface area contributed by atoms with Gasteiger partial charge in [0.05, 0.1) is 17.9 Å². The van der Waals surface area contributed by atoms with E-state index in [4.69, 9.17) is 4.74 Å². The minimum absolute atomic E-state index is 0.0824. The van der Waals surface area contributed by atoms with E-state index in [1.54, 1.807) is 31.4 Å². The summed E-state index contributed by atoms with van der Waals surface area (Å²) in [5.74, 6) is 0.415. The van der Waals surface area contributed by atoms with Crippen molar-refractivity contribution in [3.05, 3.63) is 60.2 Å². The summed E-state index contributed by atoms with van der Waals surface area (Å²) < 4.78 is 32.8. The van der Waals surface area contributed by atoms with E-state index in [0.717, 1.165) is 26.1 Å². The van der Waals surface area contributed by atoms with Crippen molar-refractivity contribution < 1.29 is 17.9 Å². The van der Waals surface area contributed by atoms with Crippen molar-refractivity contribution in [1.82, 2.24) is 14.1 Å². The Labute approximate surface area is 190 Å². The summed E-state index contributed by atoms with van der Waals surface area (Å²) in [4.78, 5) is 17.7. The van der Waals surface area contributed by atoms with Gasteiger partial charge < -0.3 is 9.64 Å². The lowest BCUT2D eigenvalue weighted by Gasteiger charge is -2.38. The van der Waals surface area contributed by atoms with Crippen LogP contribution in [0.3, 0.4) is 0 Å². The predicted molar refractivity (Wildman–Crippen MR) is 123 cm³/mol. The second-order valence-corrected chi connectivity index (χ2v) is 10.4. The van der Waals surface area contributed by atoms with Crippen molar-refractivity contribution in [2.24, 2.45) is 5.92 Å². The van der Waals surface area contributed by atoms with Crippen molar-refractivity contribution >= 4 is 15.9 Å². The van der Waals surface area contributed by atoms with Crippen LogP contribution in [-0.4, -0.2) is 74.8 Å². The van der Waals surface area contributed by atoms with E-state index >= 15 is 0 Å². The number of nitrogens with zero attached hydrogens (tertiary/aromatic N) is 3. The number of piperazine rings is 1. The van der Waals surface area contributed by atoms with Gasteiger partial charge >= 0.3 is 0 Å². The first kappa shape index (κ1) is 22.8. The summed E-state index contributed by atoms with van der Waals surface area (Å²) in [6.45, 7) is 4.63. The molecule has 2 heterocycles. The summed E-state index contributed by atoms with van der Waals surface area (Å²) in [6.07, 6.45) is 1.43. The standard InChI is InChI=1S/C24H31N3O4S/c1-31-22-9-11-23(12-10-22)32(29,30)27-13-5-8-21(19-27)24(28)26-16-14-25(15-17-26)18-20-6-3-2-4-7-20/h2-4,6-7,9-12,21H,5,8,13-19H2,1H3/t21-/m0/s1. The molecule has 0 N–H and O–H groups in total. The van der Waals surface area contributed by atoms with Gasteiger partial charge in [0.1, 0.15) is 5.75 Å².